The van der Waals surface area contributed by atoms with Gasteiger partial charge in [0, 0.05) is 32.3 Å². The predicted molar refractivity (Wildman–Crippen MR) is 97.8 cm³/mol. The van der Waals surface area contributed by atoms with Crippen molar-refractivity contribution in [2.45, 2.75) is 43.1 Å². The van der Waals surface area contributed by atoms with E-state index in [2.05, 4.69) is 0 Å². The number of hydrogen-bond acceptors (Lipinski definition) is 4. The highest BCUT2D eigenvalue weighted by atomic mass is 32.2. The average Bonchev–Trinajstić information content (AvgIpc) is 3.47. The fraction of sp³-hybridized carbons (Fsp3) is 0.632. The van der Waals surface area contributed by atoms with Crippen molar-refractivity contribution in [3.8, 4) is 0 Å². The van der Waals surface area contributed by atoms with Crippen molar-refractivity contribution in [1.82, 2.24) is 9.21 Å². The molecule has 4 rings (SSSR count). The Labute approximate surface area is 159 Å². The van der Waals surface area contributed by atoms with E-state index in [0.29, 0.717) is 31.8 Å². The van der Waals surface area contributed by atoms with E-state index in [1.54, 1.807) is 19.2 Å². The highest BCUT2D eigenvalue weighted by Gasteiger charge is 2.62. The molecule has 0 bridgehead atoms. The molecular formula is C19H25FN2O4S. The normalized spacial score (nSPS) is 25.6. The number of benzene rings is 1. The number of carbonyl (C=O) groups is 1. The van der Waals surface area contributed by atoms with Gasteiger partial charge in [-0.3, -0.25) is 4.79 Å². The van der Waals surface area contributed by atoms with Crippen LogP contribution in [-0.2, 0) is 25.3 Å². The third-order valence-corrected chi connectivity index (χ3v) is 7.99. The number of piperidine rings is 1. The Morgan fingerprint density at radius 1 is 1.22 bits per heavy atom. The molecule has 6 nitrogen and oxygen atoms in total. The van der Waals surface area contributed by atoms with Crippen LogP contribution in [0.15, 0.2) is 24.3 Å². The number of amides is 1. The van der Waals surface area contributed by atoms with Gasteiger partial charge in [0.25, 0.3) is 5.91 Å². The minimum atomic E-state index is -3.61. The Balaban J connectivity index is 1.45. The first kappa shape index (κ1) is 18.8. The quantitative estimate of drug-likeness (QED) is 0.688. The van der Waals surface area contributed by atoms with Crippen molar-refractivity contribution >= 4 is 15.9 Å². The van der Waals surface area contributed by atoms with E-state index in [1.165, 1.54) is 16.4 Å². The molecule has 1 atom stereocenters. The third kappa shape index (κ3) is 3.28. The van der Waals surface area contributed by atoms with Crippen LogP contribution in [0.25, 0.3) is 0 Å². The summed E-state index contributed by atoms with van der Waals surface area (Å²) in [4.78, 5) is 14.3. The lowest BCUT2D eigenvalue weighted by molar-refractivity contribution is -0.197. The Kier molecular flexibility index (Phi) is 4.76. The van der Waals surface area contributed by atoms with Gasteiger partial charge in [-0.05, 0) is 37.7 Å². The molecule has 2 saturated heterocycles. The van der Waals surface area contributed by atoms with Crippen molar-refractivity contribution < 1.29 is 22.3 Å². The van der Waals surface area contributed by atoms with Crippen LogP contribution in [-0.4, -0.2) is 61.9 Å². The molecule has 148 valence electrons. The lowest BCUT2D eigenvalue weighted by Crippen LogP contribution is -2.77. The van der Waals surface area contributed by atoms with Gasteiger partial charge in [-0.15, -0.1) is 0 Å². The lowest BCUT2D eigenvalue weighted by Gasteiger charge is -2.59. The molecule has 2 heterocycles. The molecule has 1 aromatic rings. The molecular weight excluding hydrogens is 371 g/mol. The van der Waals surface area contributed by atoms with Gasteiger partial charge in [0.1, 0.15) is 5.82 Å². The molecule has 1 unspecified atom stereocenters. The number of methoxy groups -OCH3 is 1. The summed E-state index contributed by atoms with van der Waals surface area (Å²) in [6, 6.07) is 5.96. The second kappa shape index (κ2) is 6.83. The predicted octanol–water partition coefficient (Wildman–Crippen LogP) is 1.76. The molecule has 3 fully saturated rings. The molecule has 27 heavy (non-hydrogen) atoms. The van der Waals surface area contributed by atoms with Crippen LogP contribution in [0.4, 0.5) is 4.39 Å². The number of carbonyl (C=O) groups excluding carboxylic acids is 1. The van der Waals surface area contributed by atoms with Crippen LogP contribution in [0.5, 0.6) is 0 Å². The molecule has 3 aliphatic rings. The summed E-state index contributed by atoms with van der Waals surface area (Å²) in [5, 5.41) is 0. The number of rotatable bonds is 6. The maximum Gasteiger partial charge on any atom is 0.254 e. The summed E-state index contributed by atoms with van der Waals surface area (Å²) in [5.41, 5.74) is -0.208. The molecule has 1 aliphatic carbocycles. The van der Waals surface area contributed by atoms with Crippen LogP contribution in [0, 0.1) is 11.7 Å². The van der Waals surface area contributed by atoms with Gasteiger partial charge in [-0.2, -0.15) is 0 Å². The second-order valence-corrected chi connectivity index (χ2v) is 9.83. The van der Waals surface area contributed by atoms with Crippen molar-refractivity contribution in [1.29, 1.82) is 0 Å². The van der Waals surface area contributed by atoms with Crippen LogP contribution in [0.3, 0.4) is 0 Å². The summed E-state index contributed by atoms with van der Waals surface area (Å²) >= 11 is 0. The summed E-state index contributed by atoms with van der Waals surface area (Å²) in [7, 11) is -2.07. The van der Waals surface area contributed by atoms with Gasteiger partial charge in [0.2, 0.25) is 10.0 Å². The van der Waals surface area contributed by atoms with E-state index in [4.69, 9.17) is 4.74 Å². The molecule has 1 spiro atoms. The van der Waals surface area contributed by atoms with Crippen molar-refractivity contribution in [2.75, 3.05) is 26.7 Å². The van der Waals surface area contributed by atoms with Crippen molar-refractivity contribution in [3.63, 3.8) is 0 Å². The number of halogens is 1. The van der Waals surface area contributed by atoms with Crippen LogP contribution >= 0.6 is 0 Å². The van der Waals surface area contributed by atoms with Crippen LogP contribution < -0.4 is 0 Å². The summed E-state index contributed by atoms with van der Waals surface area (Å²) in [6.07, 6.45) is 2.94. The monoisotopic (exact) mass is 396 g/mol. The van der Waals surface area contributed by atoms with E-state index in [9.17, 15) is 17.6 Å². The first-order valence-corrected chi connectivity index (χ1v) is 11.0. The second-order valence-electron chi connectivity index (χ2n) is 7.86. The molecule has 1 amide bonds. The van der Waals surface area contributed by atoms with Gasteiger partial charge in [-0.25, -0.2) is 17.1 Å². The fourth-order valence-electron chi connectivity index (χ4n) is 4.40. The Morgan fingerprint density at radius 2 is 1.89 bits per heavy atom. The van der Waals surface area contributed by atoms with Gasteiger partial charge in [0.05, 0.1) is 11.3 Å². The standard InChI is InChI=1S/C19H25FN2O4S/c1-26-17-18(23)22(12-14-6-7-14)19(17)8-10-21(11-9-19)27(24,25)13-15-4-2-3-5-16(15)20/h2-5,14,17H,6-13H2,1H3. The molecule has 0 radical (unpaired) electrons. The van der Waals surface area contributed by atoms with Crippen molar-refractivity contribution in [3.05, 3.63) is 35.6 Å². The SMILES string of the molecule is COC1C(=O)N(CC2CC2)C12CCN(S(=O)(=O)Cc1ccccc1F)CC2. The van der Waals surface area contributed by atoms with E-state index in [-0.39, 0.29) is 17.2 Å². The minimum Gasteiger partial charge on any atom is -0.369 e. The lowest BCUT2D eigenvalue weighted by atomic mass is 9.73. The highest BCUT2D eigenvalue weighted by molar-refractivity contribution is 7.88. The van der Waals surface area contributed by atoms with Gasteiger partial charge in [-0.1, -0.05) is 18.2 Å². The molecule has 1 aromatic carbocycles. The molecule has 0 N–H and O–H groups in total. The number of hydrogen-bond donors (Lipinski definition) is 0. The maximum atomic E-state index is 13.8. The summed E-state index contributed by atoms with van der Waals surface area (Å²) in [5.74, 6) is -0.252. The van der Waals surface area contributed by atoms with E-state index in [1.807, 2.05) is 4.90 Å². The van der Waals surface area contributed by atoms with Crippen LogP contribution in [0.2, 0.25) is 0 Å². The number of likely N-dealkylation sites (tertiary alicyclic amines) is 1. The summed E-state index contributed by atoms with van der Waals surface area (Å²) < 4.78 is 46.2. The van der Waals surface area contributed by atoms with Crippen molar-refractivity contribution in [2.24, 2.45) is 5.92 Å². The van der Waals surface area contributed by atoms with Gasteiger partial charge >= 0.3 is 0 Å². The molecule has 2 aliphatic heterocycles. The highest BCUT2D eigenvalue weighted by Crippen LogP contribution is 2.45. The third-order valence-electron chi connectivity index (χ3n) is 6.17. The average molecular weight is 396 g/mol. The van der Waals surface area contributed by atoms with E-state index < -0.39 is 27.5 Å². The molecule has 1 saturated carbocycles. The molecule has 8 heteroatoms. The number of nitrogens with zero attached hydrogens (tertiary/aromatic N) is 2. The minimum absolute atomic E-state index is 0.0204. The van der Waals surface area contributed by atoms with E-state index in [0.717, 1.165) is 19.4 Å². The largest absolute Gasteiger partial charge is 0.369 e. The smallest absolute Gasteiger partial charge is 0.254 e. The number of sulfonamides is 1. The Morgan fingerprint density at radius 3 is 2.48 bits per heavy atom. The first-order chi connectivity index (χ1) is 12.9. The number of ether oxygens (including phenoxy) is 1. The Hall–Kier alpha value is -1.51. The van der Waals surface area contributed by atoms with Crippen LogP contribution in [0.1, 0.15) is 31.2 Å². The summed E-state index contributed by atoms with van der Waals surface area (Å²) in [6.45, 7) is 1.40. The topological polar surface area (TPSA) is 66.9 Å². The maximum absolute atomic E-state index is 13.8. The zero-order chi connectivity index (χ0) is 19.2. The number of β-lactam (4-membered cyclic amide) rings is 1. The van der Waals surface area contributed by atoms with Gasteiger partial charge < -0.3 is 9.64 Å². The van der Waals surface area contributed by atoms with E-state index >= 15 is 0 Å². The van der Waals surface area contributed by atoms with Gasteiger partial charge in [0.15, 0.2) is 6.10 Å². The zero-order valence-corrected chi connectivity index (χ0v) is 16.3. The first-order valence-electron chi connectivity index (χ1n) is 9.43. The fourth-order valence-corrected chi connectivity index (χ4v) is 5.95. The zero-order valence-electron chi connectivity index (χ0n) is 15.4. The molecule has 0 aromatic heterocycles. The Bertz CT molecular complexity index is 832.